The van der Waals surface area contributed by atoms with Crippen molar-refractivity contribution in [3.63, 3.8) is 0 Å². The number of hydrogen-bond donors (Lipinski definition) is 1. The minimum Gasteiger partial charge on any atom is -0.484 e. The topological polar surface area (TPSA) is 84.7 Å². The van der Waals surface area contributed by atoms with Crippen molar-refractivity contribution in [2.24, 2.45) is 5.92 Å². The highest BCUT2D eigenvalue weighted by molar-refractivity contribution is 5.85. The Hall–Kier alpha value is -1.86. The van der Waals surface area contributed by atoms with E-state index in [-0.39, 0.29) is 30.6 Å². The number of halogens is 1. The summed E-state index contributed by atoms with van der Waals surface area (Å²) >= 11 is 0. The van der Waals surface area contributed by atoms with Crippen molar-refractivity contribution in [1.82, 2.24) is 10.2 Å². The van der Waals surface area contributed by atoms with Gasteiger partial charge >= 0.3 is 0 Å². The Morgan fingerprint density at radius 2 is 2.00 bits per heavy atom. The van der Waals surface area contributed by atoms with E-state index in [1.54, 1.807) is 12.1 Å². The van der Waals surface area contributed by atoms with Gasteiger partial charge in [-0.05, 0) is 44.2 Å². The molecule has 2 aliphatic rings. The van der Waals surface area contributed by atoms with E-state index in [0.29, 0.717) is 11.8 Å². The SMILES string of the molecule is Cl.O=C(COc1cccc([N+](=O)[O-])c1)N1CCC(NCC2CC2)CC1. The van der Waals surface area contributed by atoms with Crippen molar-refractivity contribution in [2.75, 3.05) is 26.2 Å². The molecule has 0 unspecified atom stereocenters. The van der Waals surface area contributed by atoms with Gasteiger partial charge in [-0.3, -0.25) is 14.9 Å². The summed E-state index contributed by atoms with van der Waals surface area (Å²) in [5.74, 6) is 1.15. The molecule has 0 radical (unpaired) electrons. The molecule has 1 aromatic carbocycles. The first-order valence-electron chi connectivity index (χ1n) is 8.50. The predicted molar refractivity (Wildman–Crippen MR) is 96.2 cm³/mol. The molecule has 8 heteroatoms. The van der Waals surface area contributed by atoms with Gasteiger partial charge in [0.15, 0.2) is 6.61 Å². The lowest BCUT2D eigenvalue weighted by Crippen LogP contribution is -2.46. The third-order valence-electron chi connectivity index (χ3n) is 4.63. The monoisotopic (exact) mass is 369 g/mol. The van der Waals surface area contributed by atoms with E-state index in [1.807, 2.05) is 4.90 Å². The molecule has 1 N–H and O–H groups in total. The highest BCUT2D eigenvalue weighted by Gasteiger charge is 2.26. The Labute approximate surface area is 153 Å². The second kappa shape index (κ2) is 9.01. The van der Waals surface area contributed by atoms with E-state index in [9.17, 15) is 14.9 Å². The summed E-state index contributed by atoms with van der Waals surface area (Å²) in [6, 6.07) is 6.41. The fourth-order valence-electron chi connectivity index (χ4n) is 2.91. The van der Waals surface area contributed by atoms with Gasteiger partial charge in [-0.25, -0.2) is 0 Å². The number of nitrogens with one attached hydrogen (secondary N) is 1. The number of nitro groups is 1. The minimum absolute atomic E-state index is 0. The van der Waals surface area contributed by atoms with Crippen molar-refractivity contribution < 1.29 is 14.5 Å². The minimum atomic E-state index is -0.478. The molecule has 138 valence electrons. The number of carbonyl (C=O) groups excluding carboxylic acids is 1. The number of ether oxygens (including phenoxy) is 1. The van der Waals surface area contributed by atoms with Crippen LogP contribution in [0.3, 0.4) is 0 Å². The van der Waals surface area contributed by atoms with E-state index in [1.165, 1.54) is 25.0 Å². The zero-order valence-electron chi connectivity index (χ0n) is 14.1. The molecule has 1 aliphatic carbocycles. The maximum absolute atomic E-state index is 12.2. The summed E-state index contributed by atoms with van der Waals surface area (Å²) in [5.41, 5.74) is -0.0394. The molecule has 0 bridgehead atoms. The Balaban J connectivity index is 0.00000225. The quantitative estimate of drug-likeness (QED) is 0.589. The molecule has 0 atom stereocenters. The van der Waals surface area contributed by atoms with Gasteiger partial charge in [-0.2, -0.15) is 0 Å². The first-order valence-corrected chi connectivity index (χ1v) is 8.50. The Bertz CT molecular complexity index is 601. The van der Waals surface area contributed by atoms with E-state index in [2.05, 4.69) is 5.32 Å². The highest BCUT2D eigenvalue weighted by Crippen LogP contribution is 2.28. The van der Waals surface area contributed by atoms with Gasteiger partial charge in [0.25, 0.3) is 11.6 Å². The average molecular weight is 370 g/mol. The number of piperidine rings is 1. The molecule has 1 saturated carbocycles. The highest BCUT2D eigenvalue weighted by atomic mass is 35.5. The molecule has 0 spiro atoms. The number of likely N-dealkylation sites (tertiary alicyclic amines) is 1. The number of hydrogen-bond acceptors (Lipinski definition) is 5. The standard InChI is InChI=1S/C17H23N3O4.ClH/c21-17(12-24-16-3-1-2-15(10-16)20(22)23)19-8-6-14(7-9-19)18-11-13-4-5-13;/h1-3,10,13-14,18H,4-9,11-12H2;1H. The molecule has 1 aromatic rings. The van der Waals surface area contributed by atoms with Crippen molar-refractivity contribution in [3.05, 3.63) is 34.4 Å². The van der Waals surface area contributed by atoms with Crippen LogP contribution in [0.4, 0.5) is 5.69 Å². The van der Waals surface area contributed by atoms with Crippen LogP contribution < -0.4 is 10.1 Å². The van der Waals surface area contributed by atoms with E-state index in [4.69, 9.17) is 4.74 Å². The summed E-state index contributed by atoms with van der Waals surface area (Å²) in [5, 5.41) is 14.3. The zero-order valence-corrected chi connectivity index (χ0v) is 14.9. The van der Waals surface area contributed by atoms with Crippen LogP contribution in [-0.2, 0) is 4.79 Å². The van der Waals surface area contributed by atoms with Crippen LogP contribution in [0.15, 0.2) is 24.3 Å². The Morgan fingerprint density at radius 3 is 2.64 bits per heavy atom. The fourth-order valence-corrected chi connectivity index (χ4v) is 2.91. The molecule has 1 heterocycles. The van der Waals surface area contributed by atoms with Gasteiger partial charge in [-0.15, -0.1) is 12.4 Å². The summed E-state index contributed by atoms with van der Waals surface area (Å²) in [6.45, 7) is 2.49. The van der Waals surface area contributed by atoms with Gasteiger partial charge in [0.1, 0.15) is 5.75 Å². The average Bonchev–Trinajstić information content (AvgIpc) is 3.43. The van der Waals surface area contributed by atoms with Crippen LogP contribution in [0.2, 0.25) is 0 Å². The van der Waals surface area contributed by atoms with Crippen LogP contribution in [-0.4, -0.2) is 48.0 Å². The Morgan fingerprint density at radius 1 is 1.28 bits per heavy atom. The number of rotatable bonds is 7. The number of benzene rings is 1. The number of carbonyl (C=O) groups is 1. The summed E-state index contributed by atoms with van der Waals surface area (Å²) < 4.78 is 5.41. The van der Waals surface area contributed by atoms with Crippen LogP contribution in [0.1, 0.15) is 25.7 Å². The van der Waals surface area contributed by atoms with Crippen LogP contribution in [0, 0.1) is 16.0 Å². The van der Waals surface area contributed by atoms with Crippen molar-refractivity contribution in [1.29, 1.82) is 0 Å². The first-order chi connectivity index (χ1) is 11.6. The summed E-state index contributed by atoms with van der Waals surface area (Å²) in [7, 11) is 0. The van der Waals surface area contributed by atoms with Gasteiger partial charge in [-0.1, -0.05) is 6.07 Å². The fraction of sp³-hybridized carbons (Fsp3) is 0.588. The zero-order chi connectivity index (χ0) is 16.9. The van der Waals surface area contributed by atoms with Gasteiger partial charge in [0, 0.05) is 25.2 Å². The summed E-state index contributed by atoms with van der Waals surface area (Å²) in [4.78, 5) is 24.3. The molecule has 25 heavy (non-hydrogen) atoms. The number of nitro benzene ring substituents is 1. The summed E-state index contributed by atoms with van der Waals surface area (Å²) in [6.07, 6.45) is 4.63. The van der Waals surface area contributed by atoms with Crippen molar-refractivity contribution in [2.45, 2.75) is 31.7 Å². The van der Waals surface area contributed by atoms with Crippen LogP contribution in [0.5, 0.6) is 5.75 Å². The largest absolute Gasteiger partial charge is 0.484 e. The second-order valence-corrected chi connectivity index (χ2v) is 6.55. The third kappa shape index (κ3) is 5.86. The van der Waals surface area contributed by atoms with Gasteiger partial charge < -0.3 is 15.0 Å². The van der Waals surface area contributed by atoms with E-state index in [0.717, 1.165) is 38.4 Å². The first kappa shape index (κ1) is 19.5. The molecular weight excluding hydrogens is 346 g/mol. The smallest absolute Gasteiger partial charge is 0.273 e. The molecule has 0 aromatic heterocycles. The van der Waals surface area contributed by atoms with Crippen LogP contribution in [0.25, 0.3) is 0 Å². The number of nitrogens with zero attached hydrogens (tertiary/aromatic N) is 2. The predicted octanol–water partition coefficient (Wildman–Crippen LogP) is 2.39. The van der Waals surface area contributed by atoms with Gasteiger partial charge in [0.05, 0.1) is 11.0 Å². The maximum atomic E-state index is 12.2. The molecule has 7 nitrogen and oxygen atoms in total. The van der Waals surface area contributed by atoms with Gasteiger partial charge in [0.2, 0.25) is 0 Å². The third-order valence-corrected chi connectivity index (χ3v) is 4.63. The lowest BCUT2D eigenvalue weighted by atomic mass is 10.0. The normalized spacial score (nSPS) is 17.7. The molecule has 1 amide bonds. The van der Waals surface area contributed by atoms with E-state index < -0.39 is 4.92 Å². The lowest BCUT2D eigenvalue weighted by molar-refractivity contribution is -0.384. The molecule has 1 saturated heterocycles. The van der Waals surface area contributed by atoms with Crippen molar-refractivity contribution in [3.8, 4) is 5.75 Å². The number of amides is 1. The lowest BCUT2D eigenvalue weighted by Gasteiger charge is -2.32. The van der Waals surface area contributed by atoms with E-state index >= 15 is 0 Å². The molecule has 3 rings (SSSR count). The second-order valence-electron chi connectivity index (χ2n) is 6.55. The maximum Gasteiger partial charge on any atom is 0.273 e. The van der Waals surface area contributed by atoms with Crippen LogP contribution >= 0.6 is 12.4 Å². The molecular formula is C17H24ClN3O4. The molecule has 1 aliphatic heterocycles. The van der Waals surface area contributed by atoms with Crippen molar-refractivity contribution >= 4 is 24.0 Å². The number of non-ortho nitro benzene ring substituents is 1. The Kier molecular flexibility index (Phi) is 7.01. The molecule has 2 fully saturated rings.